The zero-order valence-corrected chi connectivity index (χ0v) is 10.8. The van der Waals surface area contributed by atoms with Gasteiger partial charge in [0.2, 0.25) is 0 Å². The second-order valence-electron chi connectivity index (χ2n) is 4.25. The molecule has 1 atom stereocenters. The van der Waals surface area contributed by atoms with Crippen molar-refractivity contribution in [1.82, 2.24) is 10.2 Å². The van der Waals surface area contributed by atoms with Crippen LogP contribution < -0.4 is 5.32 Å². The van der Waals surface area contributed by atoms with Gasteiger partial charge in [0.25, 0.3) is 0 Å². The Hall–Kier alpha value is -0.120. The van der Waals surface area contributed by atoms with Gasteiger partial charge in [0.15, 0.2) is 0 Å². The summed E-state index contributed by atoms with van der Waals surface area (Å²) < 4.78 is 0. The van der Waals surface area contributed by atoms with Crippen LogP contribution in [-0.2, 0) is 0 Å². The van der Waals surface area contributed by atoms with E-state index >= 15 is 0 Å². The SMILES string of the molecule is CCC(CC)CN(CC)CC(O)CNC. The standard InChI is InChI=1S/C12H28N2O/c1-5-11(6-2)9-14(7-3)10-12(15)8-13-4/h11-13,15H,5-10H2,1-4H3. The average Bonchev–Trinajstić information content (AvgIpc) is 2.24. The molecule has 2 N–H and O–H groups in total. The van der Waals surface area contributed by atoms with Gasteiger partial charge >= 0.3 is 0 Å². The van der Waals surface area contributed by atoms with Gasteiger partial charge in [-0.15, -0.1) is 0 Å². The quantitative estimate of drug-likeness (QED) is 0.610. The maximum absolute atomic E-state index is 9.70. The molecule has 0 rings (SSSR count). The van der Waals surface area contributed by atoms with Crippen LogP contribution in [0.25, 0.3) is 0 Å². The summed E-state index contributed by atoms with van der Waals surface area (Å²) >= 11 is 0. The van der Waals surface area contributed by atoms with Crippen molar-refractivity contribution in [2.75, 3.05) is 33.2 Å². The van der Waals surface area contributed by atoms with Crippen LogP contribution in [0.5, 0.6) is 0 Å². The molecule has 0 fully saturated rings. The van der Waals surface area contributed by atoms with E-state index in [9.17, 15) is 5.11 Å². The summed E-state index contributed by atoms with van der Waals surface area (Å²) in [6, 6.07) is 0. The number of aliphatic hydroxyl groups is 1. The molecule has 0 saturated carbocycles. The number of aliphatic hydroxyl groups excluding tert-OH is 1. The molecule has 0 aromatic carbocycles. The Bertz CT molecular complexity index is 138. The minimum Gasteiger partial charge on any atom is -0.390 e. The third kappa shape index (κ3) is 6.88. The highest BCUT2D eigenvalue weighted by Crippen LogP contribution is 2.09. The van der Waals surface area contributed by atoms with E-state index in [1.807, 2.05) is 7.05 Å². The number of likely N-dealkylation sites (N-methyl/N-ethyl adjacent to an activating group) is 2. The summed E-state index contributed by atoms with van der Waals surface area (Å²) in [5.41, 5.74) is 0. The van der Waals surface area contributed by atoms with Gasteiger partial charge in [-0.25, -0.2) is 0 Å². The van der Waals surface area contributed by atoms with Crippen molar-refractivity contribution in [3.8, 4) is 0 Å². The molecule has 0 aromatic heterocycles. The minimum absolute atomic E-state index is 0.246. The molecule has 0 saturated heterocycles. The van der Waals surface area contributed by atoms with E-state index in [1.165, 1.54) is 12.8 Å². The fourth-order valence-electron chi connectivity index (χ4n) is 1.84. The Morgan fingerprint density at radius 2 is 1.73 bits per heavy atom. The summed E-state index contributed by atoms with van der Waals surface area (Å²) in [5.74, 6) is 0.770. The van der Waals surface area contributed by atoms with E-state index in [1.54, 1.807) is 0 Å². The lowest BCUT2D eigenvalue weighted by Crippen LogP contribution is -2.39. The van der Waals surface area contributed by atoms with E-state index in [-0.39, 0.29) is 6.10 Å². The van der Waals surface area contributed by atoms with Crippen molar-refractivity contribution in [2.45, 2.75) is 39.7 Å². The molecule has 3 nitrogen and oxygen atoms in total. The summed E-state index contributed by atoms with van der Waals surface area (Å²) in [6.07, 6.45) is 2.22. The van der Waals surface area contributed by atoms with Crippen molar-refractivity contribution in [3.05, 3.63) is 0 Å². The van der Waals surface area contributed by atoms with E-state index in [0.717, 1.165) is 25.6 Å². The first-order chi connectivity index (χ1) is 7.17. The molecule has 0 amide bonds. The van der Waals surface area contributed by atoms with Crippen molar-refractivity contribution >= 4 is 0 Å². The van der Waals surface area contributed by atoms with Gasteiger partial charge in [-0.2, -0.15) is 0 Å². The predicted molar refractivity (Wildman–Crippen MR) is 66.1 cm³/mol. The van der Waals surface area contributed by atoms with Gasteiger partial charge in [0.05, 0.1) is 6.10 Å². The first kappa shape index (κ1) is 14.9. The normalized spacial score (nSPS) is 13.8. The highest BCUT2D eigenvalue weighted by molar-refractivity contribution is 4.68. The molecule has 92 valence electrons. The van der Waals surface area contributed by atoms with Crippen LogP contribution in [-0.4, -0.2) is 49.3 Å². The van der Waals surface area contributed by atoms with E-state index in [4.69, 9.17) is 0 Å². The molecular weight excluding hydrogens is 188 g/mol. The van der Waals surface area contributed by atoms with Crippen LogP contribution in [0.15, 0.2) is 0 Å². The van der Waals surface area contributed by atoms with Crippen LogP contribution >= 0.6 is 0 Å². The second kappa shape index (κ2) is 9.13. The smallest absolute Gasteiger partial charge is 0.0791 e. The molecule has 15 heavy (non-hydrogen) atoms. The average molecular weight is 216 g/mol. The van der Waals surface area contributed by atoms with Crippen molar-refractivity contribution in [1.29, 1.82) is 0 Å². The number of nitrogens with one attached hydrogen (secondary N) is 1. The number of nitrogens with zero attached hydrogens (tertiary/aromatic N) is 1. The topological polar surface area (TPSA) is 35.5 Å². The summed E-state index contributed by atoms with van der Waals surface area (Å²) in [6.45, 7) is 10.3. The van der Waals surface area contributed by atoms with Gasteiger partial charge in [0, 0.05) is 19.6 Å². The van der Waals surface area contributed by atoms with Gasteiger partial charge in [-0.1, -0.05) is 33.6 Å². The van der Waals surface area contributed by atoms with Crippen molar-refractivity contribution in [3.63, 3.8) is 0 Å². The van der Waals surface area contributed by atoms with E-state index < -0.39 is 0 Å². The minimum atomic E-state index is -0.246. The highest BCUT2D eigenvalue weighted by Gasteiger charge is 2.13. The van der Waals surface area contributed by atoms with Crippen LogP contribution in [0, 0.1) is 5.92 Å². The van der Waals surface area contributed by atoms with Crippen LogP contribution in [0.1, 0.15) is 33.6 Å². The molecule has 0 radical (unpaired) electrons. The lowest BCUT2D eigenvalue weighted by atomic mass is 10.0. The maximum atomic E-state index is 9.70. The number of hydrogen-bond acceptors (Lipinski definition) is 3. The molecule has 3 heteroatoms. The second-order valence-corrected chi connectivity index (χ2v) is 4.25. The third-order valence-corrected chi connectivity index (χ3v) is 3.03. The molecule has 0 aliphatic carbocycles. The number of hydrogen-bond donors (Lipinski definition) is 2. The monoisotopic (exact) mass is 216 g/mol. The zero-order valence-electron chi connectivity index (χ0n) is 10.8. The first-order valence-corrected chi connectivity index (χ1v) is 6.22. The fourth-order valence-corrected chi connectivity index (χ4v) is 1.84. The molecular formula is C12H28N2O. The molecule has 0 aliphatic heterocycles. The van der Waals surface area contributed by atoms with Gasteiger partial charge in [0.1, 0.15) is 0 Å². The van der Waals surface area contributed by atoms with Crippen molar-refractivity contribution in [2.24, 2.45) is 5.92 Å². The summed E-state index contributed by atoms with van der Waals surface area (Å²) in [5, 5.41) is 12.7. The Morgan fingerprint density at radius 3 is 2.13 bits per heavy atom. The van der Waals surface area contributed by atoms with Crippen molar-refractivity contribution < 1.29 is 5.11 Å². The van der Waals surface area contributed by atoms with Gasteiger partial charge in [-0.05, 0) is 19.5 Å². The molecule has 0 aromatic rings. The predicted octanol–water partition coefficient (Wildman–Crippen LogP) is 1.32. The lowest BCUT2D eigenvalue weighted by molar-refractivity contribution is 0.105. The Balaban J connectivity index is 3.90. The van der Waals surface area contributed by atoms with Crippen LogP contribution in [0.3, 0.4) is 0 Å². The number of rotatable bonds is 9. The third-order valence-electron chi connectivity index (χ3n) is 3.03. The molecule has 0 bridgehead atoms. The van der Waals surface area contributed by atoms with Gasteiger partial charge in [-0.3, -0.25) is 0 Å². The first-order valence-electron chi connectivity index (χ1n) is 6.22. The largest absolute Gasteiger partial charge is 0.390 e. The Kier molecular flexibility index (Phi) is 9.06. The summed E-state index contributed by atoms with van der Waals surface area (Å²) in [4.78, 5) is 2.35. The summed E-state index contributed by atoms with van der Waals surface area (Å²) in [7, 11) is 1.88. The zero-order chi connectivity index (χ0) is 11.7. The van der Waals surface area contributed by atoms with Gasteiger partial charge < -0.3 is 15.3 Å². The van der Waals surface area contributed by atoms with Crippen LogP contribution in [0.2, 0.25) is 0 Å². The molecule has 0 heterocycles. The molecule has 1 unspecified atom stereocenters. The highest BCUT2D eigenvalue weighted by atomic mass is 16.3. The maximum Gasteiger partial charge on any atom is 0.0791 e. The van der Waals surface area contributed by atoms with Crippen LogP contribution in [0.4, 0.5) is 0 Å². The Morgan fingerprint density at radius 1 is 1.13 bits per heavy atom. The lowest BCUT2D eigenvalue weighted by Gasteiger charge is -2.27. The molecule has 0 spiro atoms. The van der Waals surface area contributed by atoms with E-state index in [0.29, 0.717) is 6.54 Å². The Labute approximate surface area is 94.9 Å². The fraction of sp³-hybridized carbons (Fsp3) is 1.00. The molecule has 0 aliphatic rings. The van der Waals surface area contributed by atoms with E-state index in [2.05, 4.69) is 31.0 Å².